The Bertz CT molecular complexity index is 285. The second kappa shape index (κ2) is 10.7. The smallest absolute Gasteiger partial charge is 0.303 e. The van der Waals surface area contributed by atoms with Crippen LogP contribution in [-0.4, -0.2) is 23.5 Å². The van der Waals surface area contributed by atoms with Crippen molar-refractivity contribution in [1.29, 1.82) is 0 Å². The van der Waals surface area contributed by atoms with Gasteiger partial charge < -0.3 is 10.4 Å². The maximum atomic E-state index is 11.6. The van der Waals surface area contributed by atoms with E-state index in [1.165, 1.54) is 38.5 Å². The molecule has 0 aromatic rings. The molecule has 1 rings (SSSR count). The fourth-order valence-corrected chi connectivity index (χ4v) is 2.92. The maximum absolute atomic E-state index is 11.6. The molecule has 1 aliphatic rings. The van der Waals surface area contributed by atoms with Crippen molar-refractivity contribution in [3.8, 4) is 0 Å². The van der Waals surface area contributed by atoms with Crippen LogP contribution in [0.5, 0.6) is 0 Å². The molecule has 0 aromatic heterocycles. The summed E-state index contributed by atoms with van der Waals surface area (Å²) >= 11 is 0. The number of nitrogens with one attached hydrogen (secondary N) is 1. The second-order valence-electron chi connectivity index (χ2n) is 5.95. The number of carboxylic acid groups (broad SMARTS) is 1. The molecule has 0 aliphatic heterocycles. The van der Waals surface area contributed by atoms with Crippen molar-refractivity contribution >= 4 is 11.9 Å². The number of aliphatic carboxylic acids is 1. The third-order valence-corrected chi connectivity index (χ3v) is 4.13. The molecule has 1 amide bonds. The molecular formula is C16H29NO3. The van der Waals surface area contributed by atoms with Crippen LogP contribution in [-0.2, 0) is 9.59 Å². The first-order valence-corrected chi connectivity index (χ1v) is 8.17. The summed E-state index contributed by atoms with van der Waals surface area (Å²) in [5, 5.41) is 11.4. The van der Waals surface area contributed by atoms with Crippen LogP contribution >= 0.6 is 0 Å². The van der Waals surface area contributed by atoms with Crippen molar-refractivity contribution in [2.24, 2.45) is 5.92 Å². The van der Waals surface area contributed by atoms with E-state index in [0.29, 0.717) is 19.4 Å². The largest absolute Gasteiger partial charge is 0.481 e. The normalized spacial score (nSPS) is 16.0. The van der Waals surface area contributed by atoms with E-state index < -0.39 is 5.97 Å². The zero-order chi connectivity index (χ0) is 14.6. The molecule has 2 N–H and O–H groups in total. The van der Waals surface area contributed by atoms with Crippen LogP contribution < -0.4 is 5.32 Å². The van der Waals surface area contributed by atoms with Gasteiger partial charge in [0.2, 0.25) is 5.91 Å². The number of unbranched alkanes of at least 4 members (excludes halogenated alkanes) is 2. The lowest BCUT2D eigenvalue weighted by molar-refractivity contribution is -0.137. The molecule has 4 nitrogen and oxygen atoms in total. The van der Waals surface area contributed by atoms with E-state index >= 15 is 0 Å². The van der Waals surface area contributed by atoms with Gasteiger partial charge in [-0.15, -0.1) is 0 Å². The van der Waals surface area contributed by atoms with E-state index in [1.807, 2.05) is 0 Å². The molecule has 0 saturated heterocycles. The Morgan fingerprint density at radius 1 is 0.950 bits per heavy atom. The third kappa shape index (κ3) is 8.94. The highest BCUT2D eigenvalue weighted by Crippen LogP contribution is 2.27. The number of hydrogen-bond acceptors (Lipinski definition) is 2. The molecule has 20 heavy (non-hydrogen) atoms. The van der Waals surface area contributed by atoms with Crippen molar-refractivity contribution in [3.05, 3.63) is 0 Å². The van der Waals surface area contributed by atoms with Crippen LogP contribution in [0.4, 0.5) is 0 Å². The standard InChI is InChI=1S/C16H29NO3/c18-15(17-13-6-2-5-12-16(19)20)11-7-10-14-8-3-1-4-9-14/h14H,1-13H2,(H,17,18)(H,19,20). The molecule has 0 unspecified atom stereocenters. The molecule has 0 aromatic carbocycles. The molecule has 1 saturated carbocycles. The number of rotatable bonds is 10. The predicted molar refractivity (Wildman–Crippen MR) is 79.5 cm³/mol. The lowest BCUT2D eigenvalue weighted by Crippen LogP contribution is -2.24. The molecular weight excluding hydrogens is 254 g/mol. The molecule has 4 heteroatoms. The fourth-order valence-electron chi connectivity index (χ4n) is 2.92. The van der Waals surface area contributed by atoms with E-state index in [2.05, 4.69) is 5.32 Å². The quantitative estimate of drug-likeness (QED) is 0.603. The Labute approximate surface area is 122 Å². The van der Waals surface area contributed by atoms with E-state index in [1.54, 1.807) is 0 Å². The molecule has 1 aliphatic carbocycles. The van der Waals surface area contributed by atoms with Crippen LogP contribution in [0.1, 0.15) is 77.0 Å². The van der Waals surface area contributed by atoms with E-state index in [-0.39, 0.29) is 12.3 Å². The molecule has 0 bridgehead atoms. The summed E-state index contributed by atoms with van der Waals surface area (Å²) in [5.41, 5.74) is 0. The Kier molecular flexibility index (Phi) is 9.09. The summed E-state index contributed by atoms with van der Waals surface area (Å²) in [6.45, 7) is 0.682. The van der Waals surface area contributed by atoms with Crippen LogP contribution in [0.3, 0.4) is 0 Å². The first-order chi connectivity index (χ1) is 9.68. The van der Waals surface area contributed by atoms with Gasteiger partial charge in [-0.25, -0.2) is 0 Å². The Balaban J connectivity index is 1.88. The lowest BCUT2D eigenvalue weighted by atomic mass is 9.86. The number of hydrogen-bond donors (Lipinski definition) is 2. The monoisotopic (exact) mass is 283 g/mol. The first kappa shape index (κ1) is 17.0. The van der Waals surface area contributed by atoms with Crippen LogP contribution in [0.2, 0.25) is 0 Å². The Morgan fingerprint density at radius 3 is 2.40 bits per heavy atom. The van der Waals surface area contributed by atoms with E-state index in [4.69, 9.17) is 5.11 Å². The number of amides is 1. The van der Waals surface area contributed by atoms with E-state index in [0.717, 1.165) is 25.2 Å². The summed E-state index contributed by atoms with van der Waals surface area (Å²) in [6.07, 6.45) is 12.4. The van der Waals surface area contributed by atoms with Gasteiger partial charge in [-0.3, -0.25) is 9.59 Å². The Morgan fingerprint density at radius 2 is 1.70 bits per heavy atom. The van der Waals surface area contributed by atoms with Crippen molar-refractivity contribution < 1.29 is 14.7 Å². The zero-order valence-corrected chi connectivity index (χ0v) is 12.5. The summed E-state index contributed by atoms with van der Waals surface area (Å²) in [7, 11) is 0. The van der Waals surface area contributed by atoms with Crippen LogP contribution in [0.25, 0.3) is 0 Å². The highest BCUT2D eigenvalue weighted by atomic mass is 16.4. The van der Waals surface area contributed by atoms with Gasteiger partial charge in [-0.2, -0.15) is 0 Å². The molecule has 0 spiro atoms. The van der Waals surface area contributed by atoms with Crippen molar-refractivity contribution in [2.75, 3.05) is 6.54 Å². The highest BCUT2D eigenvalue weighted by molar-refractivity contribution is 5.75. The average Bonchev–Trinajstić information content (AvgIpc) is 2.43. The highest BCUT2D eigenvalue weighted by Gasteiger charge is 2.13. The minimum Gasteiger partial charge on any atom is -0.481 e. The average molecular weight is 283 g/mol. The number of carboxylic acids is 1. The lowest BCUT2D eigenvalue weighted by Gasteiger charge is -2.21. The van der Waals surface area contributed by atoms with Gasteiger partial charge in [0, 0.05) is 19.4 Å². The second-order valence-corrected chi connectivity index (χ2v) is 5.95. The summed E-state index contributed by atoms with van der Waals surface area (Å²) in [4.78, 5) is 21.9. The number of carbonyl (C=O) groups is 2. The topological polar surface area (TPSA) is 66.4 Å². The first-order valence-electron chi connectivity index (χ1n) is 8.17. The summed E-state index contributed by atoms with van der Waals surface area (Å²) in [5.74, 6) is 0.267. The van der Waals surface area contributed by atoms with Crippen molar-refractivity contribution in [2.45, 2.75) is 77.0 Å². The minimum absolute atomic E-state index is 0.152. The molecule has 0 radical (unpaired) electrons. The molecule has 0 heterocycles. The van der Waals surface area contributed by atoms with Gasteiger partial charge in [0.15, 0.2) is 0 Å². The Hall–Kier alpha value is -1.06. The van der Waals surface area contributed by atoms with Gasteiger partial charge in [-0.05, 0) is 31.6 Å². The molecule has 116 valence electrons. The van der Waals surface area contributed by atoms with E-state index in [9.17, 15) is 9.59 Å². The number of carbonyl (C=O) groups excluding carboxylic acids is 1. The van der Waals surface area contributed by atoms with Gasteiger partial charge in [0.25, 0.3) is 0 Å². The summed E-state index contributed by atoms with van der Waals surface area (Å²) in [6, 6.07) is 0. The van der Waals surface area contributed by atoms with Crippen molar-refractivity contribution in [3.63, 3.8) is 0 Å². The SMILES string of the molecule is O=C(O)CCCCCNC(=O)CCCC1CCCCC1. The maximum Gasteiger partial charge on any atom is 0.303 e. The molecule has 0 atom stereocenters. The van der Waals surface area contributed by atoms with Gasteiger partial charge in [-0.1, -0.05) is 38.5 Å². The minimum atomic E-state index is -0.739. The van der Waals surface area contributed by atoms with Crippen LogP contribution in [0.15, 0.2) is 0 Å². The van der Waals surface area contributed by atoms with Gasteiger partial charge >= 0.3 is 5.97 Å². The predicted octanol–water partition coefficient (Wildman–Crippen LogP) is 3.50. The third-order valence-electron chi connectivity index (χ3n) is 4.13. The zero-order valence-electron chi connectivity index (χ0n) is 12.5. The van der Waals surface area contributed by atoms with Gasteiger partial charge in [0.1, 0.15) is 0 Å². The van der Waals surface area contributed by atoms with Crippen LogP contribution in [0, 0.1) is 5.92 Å². The fraction of sp³-hybridized carbons (Fsp3) is 0.875. The van der Waals surface area contributed by atoms with Crippen molar-refractivity contribution in [1.82, 2.24) is 5.32 Å². The summed E-state index contributed by atoms with van der Waals surface area (Å²) < 4.78 is 0. The van der Waals surface area contributed by atoms with Gasteiger partial charge in [0.05, 0.1) is 0 Å². The molecule has 1 fully saturated rings.